The minimum Gasteiger partial charge on any atom is -0.476 e. The van der Waals surface area contributed by atoms with Crippen LogP contribution in [0.15, 0.2) is 91.1 Å². The van der Waals surface area contributed by atoms with Crippen molar-refractivity contribution in [1.29, 1.82) is 1.43 Å². The van der Waals surface area contributed by atoms with Crippen LogP contribution in [0.25, 0.3) is 22.8 Å². The second-order valence-electron chi connectivity index (χ2n) is 33.4. The van der Waals surface area contributed by atoms with E-state index in [1.54, 1.807) is 25.4 Å². The number of carbonyl (C=O) groups excluding carboxylic acids is 9. The highest BCUT2D eigenvalue weighted by Gasteiger charge is 2.66. The van der Waals surface area contributed by atoms with Crippen molar-refractivity contribution in [2.24, 2.45) is 16.2 Å². The van der Waals surface area contributed by atoms with Gasteiger partial charge in [-0.05, 0) is 127 Å². The van der Waals surface area contributed by atoms with Crippen LogP contribution in [0.1, 0.15) is 115 Å². The number of para-hydroxylation sites is 1. The Kier molecular flexibility index (Phi) is 31.9. The molecule has 42 heteroatoms. The van der Waals surface area contributed by atoms with Crippen LogP contribution in [0, 0.1) is 23.2 Å². The fraction of sp³-hybridized carbons (Fsp3) is 0.541. The molecule has 4 aliphatic carbocycles. The fourth-order valence-corrected chi connectivity index (χ4v) is 19.7. The number of aliphatic hydroxyl groups is 4. The van der Waals surface area contributed by atoms with Gasteiger partial charge in [0.2, 0.25) is 37.3 Å². The lowest BCUT2D eigenvalue weighted by atomic mass is 9.39. The molecule has 2 unspecified atom stereocenters. The van der Waals surface area contributed by atoms with Crippen LogP contribution in [0.4, 0.5) is 21.4 Å². The molecule has 4 bridgehead atoms. The van der Waals surface area contributed by atoms with Crippen molar-refractivity contribution in [2.45, 2.75) is 147 Å². The number of aromatic carboxylic acids is 1. The molecule has 3 aromatic carbocycles. The zero-order chi connectivity index (χ0) is 91.5. The van der Waals surface area contributed by atoms with Gasteiger partial charge < -0.3 is 105 Å². The number of nitrogens with one attached hydrogen (secondary N) is 6. The van der Waals surface area contributed by atoms with Gasteiger partial charge in [-0.15, -0.1) is 0 Å². The molecule has 0 spiro atoms. The number of carboxylic acids is 1. The summed E-state index contributed by atoms with van der Waals surface area (Å²) in [6, 6.07) is 19.5. The summed E-state index contributed by atoms with van der Waals surface area (Å²) in [5, 5.41) is 73.4. The average Bonchev–Trinajstić information content (AvgIpc) is 0.856. The van der Waals surface area contributed by atoms with Crippen molar-refractivity contribution >= 4 is 108 Å². The van der Waals surface area contributed by atoms with E-state index in [-0.39, 0.29) is 170 Å². The highest BCUT2D eigenvalue weighted by atomic mass is 32.2. The number of ether oxygens (including phenoxy) is 9. The third-order valence-corrected chi connectivity index (χ3v) is 24.7. The van der Waals surface area contributed by atoms with Crippen LogP contribution >= 0.6 is 11.3 Å². The van der Waals surface area contributed by atoms with E-state index < -0.39 is 119 Å². The number of pyridine rings is 1. The summed E-state index contributed by atoms with van der Waals surface area (Å²) in [4.78, 5) is 142. The van der Waals surface area contributed by atoms with Gasteiger partial charge in [0.15, 0.2) is 10.8 Å². The summed E-state index contributed by atoms with van der Waals surface area (Å²) < 4.78 is 89.4. The summed E-state index contributed by atoms with van der Waals surface area (Å²) in [7, 11) is -3.03. The zero-order valence-electron chi connectivity index (χ0n) is 71.9. The standard InChI is InChI=1S/C85H109N13O27S2/c1-52-57(55-13-15-65(93-72(55)78(111)112)96-25-19-54-8-7-9-56(58(54)40-96)76(109)94-80-92-59-10-5-6-11-64(59)126-80)39-89-98(52)51-84-46-82(2)45-83(3,47-84)49-85(48-82,50-84)123-31-27-95(4)81(113)122-42-53-12-14-62(124-79-75(108)74(107)73(106)63(41-99)125-79)60(38-53)90-67(101)18-22-86-69(103)43-121-30-24-88-77(110)61(44-127(114,115)116)91-68(102)21-28-117-32-34-119-36-37-120-35-33-118-29-23-87-66(100)20-26-97-70(104)16-17-71(97)105/h5-17,38-39,61,63,73-75,79,99,106-108H,18-37,40-51H2,1-4H3,(H,86,103)(H,87,100)(H,88,110)(H,90,101)(H,91,102)(H,111,112)(H,92,94,109)(H,114,115,116)/t61-,63+,73-,74-,75+,79+,82?,83?,84?,85?/m0/s1/i/hD. The number of likely N-dealkylation sites (N-methyl/N-ethyl adjacent to an activating group) is 1. The Balaban J connectivity index is 0.566. The van der Waals surface area contributed by atoms with Crippen LogP contribution in [0.5, 0.6) is 5.75 Å². The molecule has 6 heterocycles. The first-order valence-electron chi connectivity index (χ1n) is 42.3. The van der Waals surface area contributed by atoms with E-state index in [0.29, 0.717) is 59.3 Å². The molecule has 3 aliphatic heterocycles. The molecule has 0 radical (unpaired) electrons. The number of imide groups is 1. The van der Waals surface area contributed by atoms with Gasteiger partial charge in [-0.1, -0.05) is 55.5 Å². The first kappa shape index (κ1) is 94.0. The number of rotatable bonds is 48. The maximum absolute atomic E-state index is 13.8. The van der Waals surface area contributed by atoms with E-state index in [1.165, 1.54) is 34.4 Å². The largest absolute Gasteiger partial charge is 0.476 e. The molecule has 12 N–H and O–H groups in total. The number of thiazole rings is 1. The van der Waals surface area contributed by atoms with Crippen molar-refractivity contribution in [3.8, 4) is 16.9 Å². The van der Waals surface area contributed by atoms with E-state index in [9.17, 15) is 81.9 Å². The number of aliphatic hydroxyl groups excluding tert-OH is 4. The smallest absolute Gasteiger partial charge is 0.409 e. The molecule has 5 fully saturated rings. The van der Waals surface area contributed by atoms with E-state index in [2.05, 4.69) is 55.3 Å². The first-order chi connectivity index (χ1) is 61.2. The van der Waals surface area contributed by atoms with E-state index in [0.717, 1.165) is 82.6 Å². The van der Waals surface area contributed by atoms with Crippen LogP contribution in [-0.2, 0) is 108 Å². The second kappa shape index (κ2) is 43.0. The molecular weight excluding hydrogens is 1700 g/mol. The van der Waals surface area contributed by atoms with Gasteiger partial charge in [-0.25, -0.2) is 19.6 Å². The van der Waals surface area contributed by atoms with Gasteiger partial charge in [0.25, 0.3) is 27.8 Å². The topological polar surface area (TPSA) is 535 Å². The second-order valence-corrected chi connectivity index (χ2v) is 35.8. The maximum Gasteiger partial charge on any atom is 0.409 e. The summed E-state index contributed by atoms with van der Waals surface area (Å²) in [5.41, 5.74) is 4.28. The van der Waals surface area contributed by atoms with Crippen LogP contribution < -0.4 is 41.5 Å². The molecule has 4 saturated carbocycles. The molecule has 7 aliphatic rings. The minimum atomic E-state index is -4.61. The molecule has 9 amide bonds. The Morgan fingerprint density at radius 1 is 0.724 bits per heavy atom. The third kappa shape index (κ3) is 25.7. The molecule has 8 atom stereocenters. The quantitative estimate of drug-likeness (QED) is 0.0148. The summed E-state index contributed by atoms with van der Waals surface area (Å²) in [6.07, 6.45) is 0.0843. The highest BCUT2D eigenvalue weighted by molar-refractivity contribution is 7.85. The van der Waals surface area contributed by atoms with Gasteiger partial charge in [0.05, 0.1) is 100 Å². The van der Waals surface area contributed by atoms with Gasteiger partial charge in [-0.3, -0.25) is 57.8 Å². The SMILES string of the molecule is [2H]OS(=O)(=O)C[C@H](NC(=O)CCOCCOCCOCCOCCNC(=O)CCN1C(=O)C=CC1=O)C(=O)NCCOCC(=O)NCCC(=O)Nc1cc(COC(=O)N(C)CCOC23CC4(C)CC(C)(CC(Cn5ncc(-c6ccc(N7CCc8cccc(C(=O)Nc9nc%10ccccc%10s9)c8C7)nc6C(=O)O)c5C)(C4)C2)C3)ccc1O[C@@H]1O[C@H](CO)[C@H](O)[C@H](O)[C@H]1O. The number of hydrogen-bond donors (Lipinski definition) is 12. The lowest BCUT2D eigenvalue weighted by molar-refractivity contribution is -0.277. The van der Waals surface area contributed by atoms with Crippen LogP contribution in [0.3, 0.4) is 0 Å². The summed E-state index contributed by atoms with van der Waals surface area (Å²) in [5.74, 6) is -6.64. The predicted octanol–water partition coefficient (Wildman–Crippen LogP) is 2.80. The number of anilines is 3. The normalized spacial score (nSPS) is 22.6. The lowest BCUT2D eigenvalue weighted by Gasteiger charge is -2.69. The van der Waals surface area contributed by atoms with Crippen molar-refractivity contribution < 1.29 is 129 Å². The number of carboxylic acid groups (broad SMARTS) is 1. The van der Waals surface area contributed by atoms with Gasteiger partial charge >= 0.3 is 12.1 Å². The number of nitrogens with zero attached hydrogens (tertiary/aromatic N) is 7. The Bertz CT molecular complexity index is 5080. The monoisotopic (exact) mass is 1810 g/mol. The molecule has 6 aromatic rings. The Labute approximate surface area is 737 Å². The Morgan fingerprint density at radius 2 is 1.43 bits per heavy atom. The molecular formula is C85H109N13O27S2. The number of amides is 9. The van der Waals surface area contributed by atoms with Gasteiger partial charge in [-0.2, -0.15) is 13.5 Å². The van der Waals surface area contributed by atoms with Crippen molar-refractivity contribution in [2.75, 3.05) is 147 Å². The number of aromatic nitrogens is 4. The molecule has 127 heavy (non-hydrogen) atoms. The van der Waals surface area contributed by atoms with Crippen molar-refractivity contribution in [3.63, 3.8) is 0 Å². The van der Waals surface area contributed by atoms with Crippen LogP contribution in [0.2, 0.25) is 0 Å². The van der Waals surface area contributed by atoms with E-state index >= 15 is 0 Å². The number of hydrogen-bond acceptors (Lipinski definition) is 31. The fourth-order valence-electron chi connectivity index (χ4n) is 18.2. The van der Waals surface area contributed by atoms with Crippen molar-refractivity contribution in [1.82, 2.24) is 50.8 Å². The average molecular weight is 1810 g/mol. The predicted molar refractivity (Wildman–Crippen MR) is 454 cm³/mol. The van der Waals surface area contributed by atoms with E-state index in [1.807, 2.05) is 59.0 Å². The molecule has 40 nitrogen and oxygen atoms in total. The van der Waals surface area contributed by atoms with E-state index in [4.69, 9.17) is 54.1 Å². The number of carbonyl (C=O) groups is 10. The van der Waals surface area contributed by atoms with Crippen LogP contribution in [-0.4, -0.2) is 301 Å². The Morgan fingerprint density at radius 3 is 2.14 bits per heavy atom. The maximum atomic E-state index is 13.8. The minimum absolute atomic E-state index is 0.0216. The molecule has 1 saturated heterocycles. The molecule has 688 valence electrons. The highest BCUT2D eigenvalue weighted by Crippen LogP contribution is 2.72. The Hall–Kier alpha value is -10.6. The third-order valence-electron chi connectivity index (χ3n) is 23.0. The number of fused-ring (bicyclic) bond motifs is 2. The zero-order valence-corrected chi connectivity index (χ0v) is 72.5. The van der Waals surface area contributed by atoms with Crippen molar-refractivity contribution in [3.05, 3.63) is 125 Å². The van der Waals surface area contributed by atoms with Gasteiger partial charge in [0, 0.05) is 113 Å². The first-order valence-corrected chi connectivity index (χ1v) is 44.3. The van der Waals surface area contributed by atoms with Gasteiger partial charge in [0.1, 0.15) is 61.0 Å². The summed E-state index contributed by atoms with van der Waals surface area (Å²) >= 11 is 1.39. The lowest BCUT2D eigenvalue weighted by Crippen LogP contribution is -2.64. The molecule has 3 aromatic heterocycles. The summed E-state index contributed by atoms with van der Waals surface area (Å²) in [6.45, 7) is 7.29. The number of benzene rings is 3. The molecule has 13 rings (SSSR count).